The van der Waals surface area contributed by atoms with Gasteiger partial charge >= 0.3 is 177 Å². The van der Waals surface area contributed by atoms with Crippen molar-refractivity contribution < 1.29 is 18.3 Å². The van der Waals surface area contributed by atoms with Gasteiger partial charge in [0, 0.05) is 0 Å². The summed E-state index contributed by atoms with van der Waals surface area (Å²) in [6, 6.07) is 25.6. The first-order valence-electron chi connectivity index (χ1n) is 9.30. The molecule has 1 heterocycles. The van der Waals surface area contributed by atoms with E-state index < -0.39 is 7.60 Å². The summed E-state index contributed by atoms with van der Waals surface area (Å²) in [6.07, 6.45) is 0. The molecule has 0 amide bonds. The van der Waals surface area contributed by atoms with E-state index in [0.29, 0.717) is 23.4 Å². The Morgan fingerprint density at radius 3 is 2.31 bits per heavy atom. The summed E-state index contributed by atoms with van der Waals surface area (Å²) in [5.74, 6) is 1.33. The number of hydrogen-bond acceptors (Lipinski definition) is 4. The number of methoxy groups -OCH3 is 1. The molecule has 0 aliphatic carbocycles. The van der Waals surface area contributed by atoms with Gasteiger partial charge in [0.1, 0.15) is 0 Å². The molecular weight excluding hydrogens is 450 g/mol. The molecule has 6 heteroatoms. The second-order valence-corrected chi connectivity index (χ2v) is 10.5. The predicted molar refractivity (Wildman–Crippen MR) is 118 cm³/mol. The van der Waals surface area contributed by atoms with E-state index >= 15 is 0 Å². The van der Waals surface area contributed by atoms with Gasteiger partial charge in [0.05, 0.1) is 0 Å². The molecule has 0 spiro atoms. The van der Waals surface area contributed by atoms with E-state index in [1.165, 1.54) is 4.46 Å². The van der Waals surface area contributed by atoms with Crippen LogP contribution in [-0.4, -0.2) is 28.7 Å². The third-order valence-corrected chi connectivity index (χ3v) is 8.80. The van der Waals surface area contributed by atoms with Crippen LogP contribution >= 0.6 is 7.60 Å². The first kappa shape index (κ1) is 20.0. The molecule has 0 fully saturated rings. The molecule has 4 rings (SSSR count). The van der Waals surface area contributed by atoms with Crippen molar-refractivity contribution >= 4 is 42.5 Å². The summed E-state index contributed by atoms with van der Waals surface area (Å²) in [7, 11) is -1.87. The third-order valence-electron chi connectivity index (χ3n) is 4.46. The maximum atomic E-state index is 13.7. The molecule has 148 valence electrons. The van der Waals surface area contributed by atoms with Gasteiger partial charge in [0.15, 0.2) is 0 Å². The molecule has 29 heavy (non-hydrogen) atoms. The Kier molecular flexibility index (Phi) is 5.94. The zero-order valence-electron chi connectivity index (χ0n) is 16.2. The van der Waals surface area contributed by atoms with Crippen LogP contribution in [0.15, 0.2) is 78.9 Å². The van der Waals surface area contributed by atoms with Crippen molar-refractivity contribution in [3.05, 3.63) is 90.0 Å². The van der Waals surface area contributed by atoms with Crippen molar-refractivity contribution in [3.63, 3.8) is 0 Å². The number of ether oxygens (including phenoxy) is 1. The van der Waals surface area contributed by atoms with Crippen molar-refractivity contribution in [2.45, 2.75) is 6.92 Å². The van der Waals surface area contributed by atoms with Gasteiger partial charge in [-0.2, -0.15) is 0 Å². The van der Waals surface area contributed by atoms with Crippen LogP contribution in [0.25, 0.3) is 10.2 Å². The van der Waals surface area contributed by atoms with Crippen LogP contribution in [0, 0.1) is 0 Å². The van der Waals surface area contributed by atoms with Crippen LogP contribution in [0.4, 0.5) is 0 Å². The van der Waals surface area contributed by atoms with E-state index in [0.717, 1.165) is 15.6 Å². The molecule has 1 atom stereocenters. The summed E-state index contributed by atoms with van der Waals surface area (Å²) >= 11 is -0.0645. The van der Waals surface area contributed by atoms with Gasteiger partial charge in [-0.3, -0.25) is 0 Å². The summed E-state index contributed by atoms with van der Waals surface area (Å²) in [5.41, 5.74) is 1.75. The number of rotatable bonds is 6. The van der Waals surface area contributed by atoms with Crippen molar-refractivity contribution in [2.24, 2.45) is 0 Å². The molecule has 1 unspecified atom stereocenters. The number of hydrogen-bond donors (Lipinski definition) is 0. The Morgan fingerprint density at radius 2 is 1.66 bits per heavy atom. The van der Waals surface area contributed by atoms with Gasteiger partial charge in [-0.25, -0.2) is 0 Å². The Hall–Kier alpha value is -2.29. The monoisotopic (exact) mass is 472 g/mol. The SMILES string of the molecule is CCOP1(=O)OC(c2ccccc2)=C([Se]c2ccccc2)c2cc(OC)ccc21. The molecular formula is C23H21O4PSe. The molecule has 0 aromatic heterocycles. The van der Waals surface area contributed by atoms with Crippen LogP contribution < -0.4 is 14.5 Å². The first-order chi connectivity index (χ1) is 14.1. The molecule has 0 bridgehead atoms. The van der Waals surface area contributed by atoms with Gasteiger partial charge in [-0.15, -0.1) is 0 Å². The van der Waals surface area contributed by atoms with E-state index in [1.807, 2.05) is 61.5 Å². The predicted octanol–water partition coefficient (Wildman–Crippen LogP) is 4.44. The molecule has 1 aliphatic heterocycles. The van der Waals surface area contributed by atoms with Gasteiger partial charge in [0.25, 0.3) is 0 Å². The minimum absolute atomic E-state index is 0.0645. The zero-order chi connectivity index (χ0) is 20.3. The topological polar surface area (TPSA) is 44.8 Å². The fourth-order valence-corrected chi connectivity index (χ4v) is 7.47. The summed E-state index contributed by atoms with van der Waals surface area (Å²) in [4.78, 5) is 0. The van der Waals surface area contributed by atoms with Gasteiger partial charge in [0.2, 0.25) is 0 Å². The van der Waals surface area contributed by atoms with Crippen LogP contribution in [0.3, 0.4) is 0 Å². The van der Waals surface area contributed by atoms with Gasteiger partial charge in [-0.05, 0) is 0 Å². The fourth-order valence-electron chi connectivity index (χ4n) is 3.14. The van der Waals surface area contributed by atoms with Crippen LogP contribution in [0.2, 0.25) is 0 Å². The molecule has 3 aromatic rings. The van der Waals surface area contributed by atoms with Crippen molar-refractivity contribution in [3.8, 4) is 5.75 Å². The molecule has 0 saturated heterocycles. The van der Waals surface area contributed by atoms with E-state index in [-0.39, 0.29) is 15.0 Å². The van der Waals surface area contributed by atoms with E-state index in [1.54, 1.807) is 19.2 Å². The molecule has 0 saturated carbocycles. The van der Waals surface area contributed by atoms with Crippen molar-refractivity contribution in [2.75, 3.05) is 13.7 Å². The molecule has 3 aromatic carbocycles. The van der Waals surface area contributed by atoms with Crippen LogP contribution in [0.1, 0.15) is 18.1 Å². The standard InChI is InChI=1S/C23H21O4PSe/c1-3-26-28(24)21-15-14-18(25-2)16-20(21)23(29-19-12-8-5-9-13-19)22(27-28)17-10-6-4-7-11-17/h4-16H,3H2,1-2H3. The summed E-state index contributed by atoms with van der Waals surface area (Å²) in [5, 5.41) is 0.590. The fraction of sp³-hybridized carbons (Fsp3) is 0.130. The Bertz CT molecular complexity index is 1080. The van der Waals surface area contributed by atoms with E-state index in [4.69, 9.17) is 13.8 Å². The van der Waals surface area contributed by atoms with Gasteiger partial charge in [-0.1, -0.05) is 0 Å². The Balaban J connectivity index is 1.97. The van der Waals surface area contributed by atoms with Crippen LogP contribution in [-0.2, 0) is 13.6 Å². The molecule has 4 nitrogen and oxygen atoms in total. The first-order valence-corrected chi connectivity index (χ1v) is 12.6. The van der Waals surface area contributed by atoms with Crippen LogP contribution in [0.5, 0.6) is 5.75 Å². The quantitative estimate of drug-likeness (QED) is 0.394. The summed E-state index contributed by atoms with van der Waals surface area (Å²) in [6.45, 7) is 2.12. The second kappa shape index (κ2) is 8.61. The zero-order valence-corrected chi connectivity index (χ0v) is 18.8. The van der Waals surface area contributed by atoms with Gasteiger partial charge < -0.3 is 0 Å². The number of benzene rings is 3. The Labute approximate surface area is 177 Å². The average Bonchev–Trinajstić information content (AvgIpc) is 2.77. The summed E-state index contributed by atoms with van der Waals surface area (Å²) < 4.78 is 33.3. The maximum absolute atomic E-state index is 13.7. The molecule has 0 N–H and O–H groups in total. The van der Waals surface area contributed by atoms with E-state index in [9.17, 15) is 4.57 Å². The average molecular weight is 471 g/mol. The van der Waals surface area contributed by atoms with E-state index in [2.05, 4.69) is 12.1 Å². The second-order valence-electron chi connectivity index (χ2n) is 6.33. The number of fused-ring (bicyclic) bond motifs is 1. The van der Waals surface area contributed by atoms with Crippen molar-refractivity contribution in [1.29, 1.82) is 0 Å². The Morgan fingerprint density at radius 1 is 0.966 bits per heavy atom. The minimum atomic E-state index is -3.50. The molecule has 1 aliphatic rings. The normalized spacial score (nSPS) is 18.1. The third kappa shape index (κ3) is 4.05. The van der Waals surface area contributed by atoms with Crippen molar-refractivity contribution in [1.82, 2.24) is 0 Å². The molecule has 0 radical (unpaired) electrons.